The van der Waals surface area contributed by atoms with E-state index < -0.39 is 5.91 Å². The zero-order valence-electron chi connectivity index (χ0n) is 18.1. The number of aromatic nitrogens is 3. The molecule has 5 rings (SSSR count). The molecule has 7 heteroatoms. The van der Waals surface area contributed by atoms with Crippen LogP contribution in [0.15, 0.2) is 91.3 Å². The van der Waals surface area contributed by atoms with Crippen LogP contribution >= 0.6 is 22.9 Å². The molecule has 3 aromatic heterocycles. The fraction of sp³-hybridized carbons (Fsp3) is 0.115. The lowest BCUT2D eigenvalue weighted by Gasteiger charge is -2.11. The fourth-order valence-electron chi connectivity index (χ4n) is 3.56. The van der Waals surface area contributed by atoms with Gasteiger partial charge in [-0.1, -0.05) is 96.6 Å². The highest BCUT2D eigenvalue weighted by atomic mass is 35.5. The minimum absolute atomic E-state index is 0.199. The zero-order valence-corrected chi connectivity index (χ0v) is 19.6. The molecule has 0 aliphatic heterocycles. The second kappa shape index (κ2) is 10.4. The lowest BCUT2D eigenvalue weighted by molar-refractivity contribution is 0.1000. The van der Waals surface area contributed by atoms with Crippen LogP contribution in [0.4, 0.5) is 0 Å². The summed E-state index contributed by atoms with van der Waals surface area (Å²) in [5, 5.41) is 4.40. The Balaban J connectivity index is 0.000000160. The van der Waals surface area contributed by atoms with Gasteiger partial charge in [-0.15, -0.1) is 0 Å². The van der Waals surface area contributed by atoms with Gasteiger partial charge < -0.3 is 5.73 Å². The summed E-state index contributed by atoms with van der Waals surface area (Å²) in [5.74, 6) is 0.0122. The Hall–Kier alpha value is -3.48. The third-order valence-electron chi connectivity index (χ3n) is 5.23. The van der Waals surface area contributed by atoms with Gasteiger partial charge in [-0.3, -0.25) is 4.79 Å². The number of hydrogen-bond donors (Lipinski definition) is 1. The molecule has 1 amide bonds. The minimum Gasteiger partial charge on any atom is -0.364 e. The molecule has 0 fully saturated rings. The second-order valence-electron chi connectivity index (χ2n) is 7.60. The lowest BCUT2D eigenvalue weighted by atomic mass is 9.94. The van der Waals surface area contributed by atoms with E-state index in [2.05, 4.69) is 77.7 Å². The van der Waals surface area contributed by atoms with E-state index in [1.165, 1.54) is 11.1 Å². The molecule has 0 bridgehead atoms. The Bertz CT molecular complexity index is 1350. The van der Waals surface area contributed by atoms with Crippen LogP contribution in [0, 0.1) is 0 Å². The van der Waals surface area contributed by atoms with E-state index in [4.69, 9.17) is 17.3 Å². The first-order chi connectivity index (χ1) is 16.0. The minimum atomic E-state index is -0.579. The quantitative estimate of drug-likeness (QED) is 0.327. The summed E-state index contributed by atoms with van der Waals surface area (Å²) in [5.41, 5.74) is 10.2. The SMILES string of the molecule is CC(Cc1ccccc1)c1ccccc1.NC(=O)c1nc(-c2cnn3ccccc23)c(Cl)s1. The number of carbonyl (C=O) groups is 1. The maximum atomic E-state index is 11.1. The summed E-state index contributed by atoms with van der Waals surface area (Å²) in [6.07, 6.45) is 4.61. The highest BCUT2D eigenvalue weighted by Gasteiger charge is 2.17. The summed E-state index contributed by atoms with van der Waals surface area (Å²) in [6.45, 7) is 2.28. The molecule has 1 atom stereocenters. The molecule has 166 valence electrons. The van der Waals surface area contributed by atoms with Gasteiger partial charge in [0, 0.05) is 11.8 Å². The van der Waals surface area contributed by atoms with Crippen LogP contribution in [0.5, 0.6) is 0 Å². The smallest absolute Gasteiger partial charge is 0.277 e. The summed E-state index contributed by atoms with van der Waals surface area (Å²) in [6, 6.07) is 27.0. The van der Waals surface area contributed by atoms with Crippen molar-refractivity contribution in [1.29, 1.82) is 0 Å². The number of primary amides is 1. The van der Waals surface area contributed by atoms with E-state index >= 15 is 0 Å². The van der Waals surface area contributed by atoms with Gasteiger partial charge >= 0.3 is 0 Å². The molecule has 0 saturated heterocycles. The van der Waals surface area contributed by atoms with Gasteiger partial charge in [0.25, 0.3) is 5.91 Å². The van der Waals surface area contributed by atoms with Gasteiger partial charge in [0.15, 0.2) is 5.01 Å². The predicted octanol–water partition coefficient (Wildman–Crippen LogP) is 6.24. The molecule has 0 spiro atoms. The summed E-state index contributed by atoms with van der Waals surface area (Å²) in [7, 11) is 0. The van der Waals surface area contributed by atoms with Crippen LogP contribution in [0.1, 0.15) is 33.8 Å². The van der Waals surface area contributed by atoms with E-state index in [1.54, 1.807) is 10.7 Å². The molecule has 0 aliphatic carbocycles. The van der Waals surface area contributed by atoms with Crippen LogP contribution in [0.3, 0.4) is 0 Å². The number of fused-ring (bicyclic) bond motifs is 1. The van der Waals surface area contributed by atoms with Gasteiger partial charge in [-0.05, 0) is 35.6 Å². The van der Waals surface area contributed by atoms with Crippen molar-refractivity contribution in [2.24, 2.45) is 5.73 Å². The van der Waals surface area contributed by atoms with Gasteiger partial charge in [0.05, 0.1) is 11.7 Å². The molecule has 5 aromatic rings. The van der Waals surface area contributed by atoms with Crippen LogP contribution in [-0.4, -0.2) is 20.5 Å². The lowest BCUT2D eigenvalue weighted by Crippen LogP contribution is -2.10. The Morgan fingerprint density at radius 3 is 2.36 bits per heavy atom. The number of benzene rings is 2. The highest BCUT2D eigenvalue weighted by Crippen LogP contribution is 2.34. The summed E-state index contributed by atoms with van der Waals surface area (Å²) in [4.78, 5) is 15.3. The second-order valence-corrected chi connectivity index (χ2v) is 9.20. The average molecular weight is 475 g/mol. The Morgan fingerprint density at radius 1 is 1.03 bits per heavy atom. The van der Waals surface area contributed by atoms with Crippen molar-refractivity contribution in [2.75, 3.05) is 0 Å². The Labute approximate surface area is 201 Å². The number of nitrogens with two attached hydrogens (primary N) is 1. The number of thiazole rings is 1. The van der Waals surface area contributed by atoms with E-state index in [0.717, 1.165) is 28.8 Å². The Kier molecular flexibility index (Phi) is 7.17. The highest BCUT2D eigenvalue weighted by molar-refractivity contribution is 7.18. The average Bonchev–Trinajstić information content (AvgIpc) is 3.44. The van der Waals surface area contributed by atoms with Crippen LogP contribution in [0.25, 0.3) is 16.8 Å². The molecule has 0 saturated carbocycles. The molecule has 0 aliphatic rings. The first-order valence-corrected chi connectivity index (χ1v) is 11.7. The normalized spacial score (nSPS) is 11.6. The molecule has 5 nitrogen and oxygen atoms in total. The van der Waals surface area contributed by atoms with Crippen molar-refractivity contribution in [3.63, 3.8) is 0 Å². The molecular weight excluding hydrogens is 452 g/mol. The molecular formula is C26H23ClN4OS. The fourth-order valence-corrected chi connectivity index (χ4v) is 4.58. The summed E-state index contributed by atoms with van der Waals surface area (Å²) >= 11 is 7.16. The van der Waals surface area contributed by atoms with Crippen molar-refractivity contribution in [3.05, 3.63) is 112 Å². The number of pyridine rings is 1. The first-order valence-electron chi connectivity index (χ1n) is 10.5. The van der Waals surface area contributed by atoms with E-state index in [0.29, 0.717) is 15.9 Å². The van der Waals surface area contributed by atoms with Crippen molar-refractivity contribution in [1.82, 2.24) is 14.6 Å². The van der Waals surface area contributed by atoms with E-state index in [-0.39, 0.29) is 5.01 Å². The van der Waals surface area contributed by atoms with E-state index in [1.807, 2.05) is 24.4 Å². The van der Waals surface area contributed by atoms with Crippen molar-refractivity contribution < 1.29 is 4.79 Å². The van der Waals surface area contributed by atoms with E-state index in [9.17, 15) is 4.79 Å². The standard InChI is InChI=1S/C15H16.C11H7ClN4OS/c1-13(15-10-6-3-7-11-15)12-14-8-4-2-5-9-14;12-9-8(15-11(18-9)10(13)17)6-5-14-16-4-2-1-3-7(6)16/h2-11,13H,12H2,1H3;1-5H,(H2,13,17). The Morgan fingerprint density at radius 2 is 1.70 bits per heavy atom. The monoisotopic (exact) mass is 474 g/mol. The van der Waals surface area contributed by atoms with Crippen molar-refractivity contribution in [2.45, 2.75) is 19.3 Å². The number of carbonyl (C=O) groups excluding carboxylic acids is 1. The topological polar surface area (TPSA) is 73.3 Å². The van der Waals surface area contributed by atoms with Gasteiger partial charge in [-0.25, -0.2) is 9.50 Å². The molecule has 2 aromatic carbocycles. The third-order valence-corrected chi connectivity index (χ3v) is 6.50. The summed E-state index contributed by atoms with van der Waals surface area (Å²) < 4.78 is 2.15. The maximum absolute atomic E-state index is 11.1. The first kappa shape index (κ1) is 22.7. The maximum Gasteiger partial charge on any atom is 0.277 e. The number of amides is 1. The third kappa shape index (κ3) is 5.48. The number of rotatable bonds is 5. The number of hydrogen-bond acceptors (Lipinski definition) is 4. The van der Waals surface area contributed by atoms with Gasteiger partial charge in [0.2, 0.25) is 0 Å². The zero-order chi connectivity index (χ0) is 23.2. The van der Waals surface area contributed by atoms with Gasteiger partial charge in [0.1, 0.15) is 10.0 Å². The van der Waals surface area contributed by atoms with Gasteiger partial charge in [-0.2, -0.15) is 5.10 Å². The predicted molar refractivity (Wildman–Crippen MR) is 135 cm³/mol. The number of halogens is 1. The molecule has 0 radical (unpaired) electrons. The van der Waals surface area contributed by atoms with Crippen LogP contribution in [-0.2, 0) is 6.42 Å². The molecule has 2 N–H and O–H groups in total. The molecule has 1 unspecified atom stereocenters. The van der Waals surface area contributed by atoms with Crippen molar-refractivity contribution in [3.8, 4) is 11.3 Å². The van der Waals surface area contributed by atoms with Crippen LogP contribution in [0.2, 0.25) is 4.34 Å². The molecule has 3 heterocycles. The van der Waals surface area contributed by atoms with Crippen molar-refractivity contribution >= 4 is 34.4 Å². The van der Waals surface area contributed by atoms with Crippen LogP contribution < -0.4 is 5.73 Å². The largest absolute Gasteiger partial charge is 0.364 e. The number of nitrogens with zero attached hydrogens (tertiary/aromatic N) is 3. The molecule has 33 heavy (non-hydrogen) atoms.